The third kappa shape index (κ3) is 5.06. The van der Waals surface area contributed by atoms with Gasteiger partial charge in [0.05, 0.1) is 25.2 Å². The number of aryl methyl sites for hydroxylation is 2. The summed E-state index contributed by atoms with van der Waals surface area (Å²) in [5.74, 6) is 1.14. The molecule has 2 aromatic carbocycles. The molecule has 0 bridgehead atoms. The Kier molecular flexibility index (Phi) is 5.82. The highest BCUT2D eigenvalue weighted by atomic mass is 16.5. The molecule has 0 spiro atoms. The molecule has 0 saturated heterocycles. The summed E-state index contributed by atoms with van der Waals surface area (Å²) in [4.78, 5) is 17.6. The zero-order valence-corrected chi connectivity index (χ0v) is 19.1. The van der Waals surface area contributed by atoms with Crippen LogP contribution in [0, 0.1) is 19.8 Å². The Bertz CT molecular complexity index is 1320. The highest BCUT2D eigenvalue weighted by Gasteiger charge is 2.22. The summed E-state index contributed by atoms with van der Waals surface area (Å²) in [7, 11) is 0. The fraction of sp³-hybridized carbons (Fsp3) is 0.296. The Balaban J connectivity index is 1.44. The van der Waals surface area contributed by atoms with E-state index in [9.17, 15) is 4.79 Å². The smallest absolute Gasteiger partial charge is 0.270 e. The number of benzene rings is 2. The van der Waals surface area contributed by atoms with Crippen molar-refractivity contribution in [3.05, 3.63) is 105 Å². The van der Waals surface area contributed by atoms with Gasteiger partial charge < -0.3 is 9.30 Å². The molecule has 6 heteroatoms. The first kappa shape index (κ1) is 21.2. The molecule has 6 nitrogen and oxygen atoms in total. The van der Waals surface area contributed by atoms with Gasteiger partial charge in [-0.3, -0.25) is 4.79 Å². The lowest BCUT2D eigenvalue weighted by Gasteiger charge is -2.13. The average Bonchev–Trinajstić information content (AvgIpc) is 3.55. The largest absolute Gasteiger partial charge is 0.476 e. The van der Waals surface area contributed by atoms with Crippen LogP contribution in [0.2, 0.25) is 0 Å². The normalized spacial score (nSPS) is 13.3. The Hall–Kier alpha value is -3.67. The number of ether oxygens (including phenoxy) is 1. The first-order valence-corrected chi connectivity index (χ1v) is 11.4. The first-order valence-electron chi connectivity index (χ1n) is 11.4. The number of nitrogens with zero attached hydrogens (tertiary/aromatic N) is 4. The summed E-state index contributed by atoms with van der Waals surface area (Å²) in [6, 6.07) is 18.0. The Morgan fingerprint density at radius 1 is 1.03 bits per heavy atom. The maximum Gasteiger partial charge on any atom is 0.270 e. The third-order valence-corrected chi connectivity index (χ3v) is 6.01. The summed E-state index contributed by atoms with van der Waals surface area (Å²) in [6.07, 6.45) is 6.78. The Labute approximate surface area is 193 Å². The van der Waals surface area contributed by atoms with Gasteiger partial charge >= 0.3 is 0 Å². The van der Waals surface area contributed by atoms with E-state index >= 15 is 0 Å². The van der Waals surface area contributed by atoms with Gasteiger partial charge in [0.1, 0.15) is 0 Å². The predicted molar refractivity (Wildman–Crippen MR) is 128 cm³/mol. The molecule has 2 heterocycles. The minimum atomic E-state index is -0.0791. The molecule has 168 valence electrons. The van der Waals surface area contributed by atoms with Crippen LogP contribution in [0.5, 0.6) is 5.88 Å². The Morgan fingerprint density at radius 3 is 2.55 bits per heavy atom. The summed E-state index contributed by atoms with van der Waals surface area (Å²) in [5.41, 5.74) is 5.93. The van der Waals surface area contributed by atoms with Gasteiger partial charge in [-0.15, -0.1) is 5.10 Å². The van der Waals surface area contributed by atoms with Crippen LogP contribution in [0.25, 0.3) is 5.69 Å². The lowest BCUT2D eigenvalue weighted by molar-refractivity contribution is 0.279. The maximum atomic E-state index is 13.3. The van der Waals surface area contributed by atoms with Crippen molar-refractivity contribution in [2.24, 2.45) is 5.92 Å². The van der Waals surface area contributed by atoms with Gasteiger partial charge in [-0.1, -0.05) is 42.5 Å². The van der Waals surface area contributed by atoms with Crippen LogP contribution in [-0.4, -0.2) is 25.9 Å². The molecule has 4 aromatic rings. The van der Waals surface area contributed by atoms with E-state index in [0.29, 0.717) is 36.9 Å². The van der Waals surface area contributed by atoms with Gasteiger partial charge in [0.2, 0.25) is 5.88 Å². The number of imidazole rings is 1. The zero-order valence-electron chi connectivity index (χ0n) is 19.1. The molecule has 0 amide bonds. The molecular weight excluding hydrogens is 412 g/mol. The van der Waals surface area contributed by atoms with E-state index in [1.54, 1.807) is 0 Å². The number of hydrogen-bond donors (Lipinski definition) is 0. The fourth-order valence-electron chi connectivity index (χ4n) is 4.01. The molecule has 5 rings (SSSR count). The number of aromatic nitrogens is 4. The second-order valence-corrected chi connectivity index (χ2v) is 8.93. The fourth-order valence-corrected chi connectivity index (χ4v) is 4.01. The van der Waals surface area contributed by atoms with E-state index in [4.69, 9.17) is 4.74 Å². The van der Waals surface area contributed by atoms with Crippen molar-refractivity contribution >= 4 is 0 Å². The lowest BCUT2D eigenvalue weighted by atomic mass is 10.0. The van der Waals surface area contributed by atoms with Gasteiger partial charge in [0, 0.05) is 29.9 Å². The van der Waals surface area contributed by atoms with E-state index in [0.717, 1.165) is 28.1 Å². The molecule has 0 radical (unpaired) electrons. The number of rotatable bonds is 8. The van der Waals surface area contributed by atoms with Gasteiger partial charge in [-0.2, -0.15) is 0 Å². The van der Waals surface area contributed by atoms with E-state index in [1.165, 1.54) is 17.5 Å². The van der Waals surface area contributed by atoms with Gasteiger partial charge in [0.15, 0.2) is 0 Å². The van der Waals surface area contributed by atoms with Crippen LogP contribution < -0.4 is 10.3 Å². The van der Waals surface area contributed by atoms with E-state index in [-0.39, 0.29) is 5.56 Å². The highest BCUT2D eigenvalue weighted by molar-refractivity contribution is 5.44. The lowest BCUT2D eigenvalue weighted by Crippen LogP contribution is -2.27. The van der Waals surface area contributed by atoms with Crippen LogP contribution >= 0.6 is 0 Å². The topological polar surface area (TPSA) is 61.9 Å². The SMILES string of the molecule is Cc1cn(-c2ccc(Cc3cc(OCC4CC4)nn(Cc4ccccc4)c3=O)cc2C)cn1. The quantitative estimate of drug-likeness (QED) is 0.405. The standard InChI is InChI=1S/C27H28N4O2/c1-19-12-23(10-11-25(19)30-15-20(2)28-18-30)13-24-14-26(33-17-22-8-9-22)29-31(27(24)32)16-21-6-4-3-5-7-21/h3-7,10-12,14-15,18,22H,8-9,13,16-17H2,1-2H3. The van der Waals surface area contributed by atoms with Crippen LogP contribution in [0.1, 0.15) is 40.8 Å². The second-order valence-electron chi connectivity index (χ2n) is 8.93. The molecule has 1 saturated carbocycles. The van der Waals surface area contributed by atoms with E-state index < -0.39 is 0 Å². The molecule has 1 aliphatic carbocycles. The van der Waals surface area contributed by atoms with Crippen molar-refractivity contribution in [1.29, 1.82) is 0 Å². The van der Waals surface area contributed by atoms with Crippen molar-refractivity contribution in [1.82, 2.24) is 19.3 Å². The molecule has 0 aliphatic heterocycles. The molecular formula is C27H28N4O2. The van der Waals surface area contributed by atoms with E-state index in [2.05, 4.69) is 35.2 Å². The average molecular weight is 441 g/mol. The van der Waals surface area contributed by atoms with Crippen LogP contribution in [0.3, 0.4) is 0 Å². The third-order valence-electron chi connectivity index (χ3n) is 6.01. The highest BCUT2D eigenvalue weighted by Crippen LogP contribution is 2.29. The molecule has 1 aliphatic rings. The van der Waals surface area contributed by atoms with Crippen LogP contribution in [0.4, 0.5) is 0 Å². The summed E-state index contributed by atoms with van der Waals surface area (Å²) in [5, 5.41) is 4.51. The van der Waals surface area contributed by atoms with Crippen molar-refractivity contribution in [2.45, 2.75) is 39.7 Å². The monoisotopic (exact) mass is 440 g/mol. The van der Waals surface area contributed by atoms with Gasteiger partial charge in [-0.25, -0.2) is 9.67 Å². The molecule has 1 fully saturated rings. The zero-order chi connectivity index (χ0) is 22.8. The number of hydrogen-bond acceptors (Lipinski definition) is 4. The maximum absolute atomic E-state index is 13.3. The molecule has 0 unspecified atom stereocenters. The van der Waals surface area contributed by atoms with Crippen molar-refractivity contribution in [3.8, 4) is 11.6 Å². The minimum absolute atomic E-state index is 0.0791. The van der Waals surface area contributed by atoms with Crippen LogP contribution in [0.15, 0.2) is 71.9 Å². The van der Waals surface area contributed by atoms with Crippen molar-refractivity contribution in [2.75, 3.05) is 6.61 Å². The minimum Gasteiger partial charge on any atom is -0.476 e. The predicted octanol–water partition coefficient (Wildman–Crippen LogP) is 4.47. The first-order chi connectivity index (χ1) is 16.0. The van der Waals surface area contributed by atoms with Gasteiger partial charge in [-0.05, 0) is 55.4 Å². The second kappa shape index (κ2) is 9.06. The summed E-state index contributed by atoms with van der Waals surface area (Å²) in [6.45, 7) is 5.14. The summed E-state index contributed by atoms with van der Waals surface area (Å²) < 4.78 is 9.52. The Morgan fingerprint density at radius 2 is 1.85 bits per heavy atom. The molecule has 33 heavy (non-hydrogen) atoms. The van der Waals surface area contributed by atoms with Crippen molar-refractivity contribution in [3.63, 3.8) is 0 Å². The van der Waals surface area contributed by atoms with Gasteiger partial charge in [0.25, 0.3) is 5.56 Å². The molecule has 2 aromatic heterocycles. The molecule has 0 atom stereocenters. The summed E-state index contributed by atoms with van der Waals surface area (Å²) >= 11 is 0. The van der Waals surface area contributed by atoms with Crippen LogP contribution in [-0.2, 0) is 13.0 Å². The molecule has 0 N–H and O–H groups in total. The van der Waals surface area contributed by atoms with Crippen molar-refractivity contribution < 1.29 is 4.74 Å². The van der Waals surface area contributed by atoms with E-state index in [1.807, 2.05) is 60.4 Å².